The van der Waals surface area contributed by atoms with Gasteiger partial charge in [-0.15, -0.1) is 24.0 Å². The zero-order valence-corrected chi connectivity index (χ0v) is 20.4. The first-order chi connectivity index (χ1) is 13.1. The van der Waals surface area contributed by atoms with Crippen LogP contribution in [0.2, 0.25) is 0 Å². The van der Waals surface area contributed by atoms with Crippen LogP contribution in [0.15, 0.2) is 23.2 Å². The average molecular weight is 514 g/mol. The molecule has 0 unspecified atom stereocenters. The van der Waals surface area contributed by atoms with Gasteiger partial charge in [-0.1, -0.05) is 36.2 Å². The number of nitrogens with zero attached hydrogens (tertiary/aromatic N) is 5. The molecule has 1 saturated heterocycles. The molecular weight excluding hydrogens is 483 g/mol. The highest BCUT2D eigenvalue weighted by molar-refractivity contribution is 14.0. The summed E-state index contributed by atoms with van der Waals surface area (Å²) in [5, 5.41) is 4.57. The summed E-state index contributed by atoms with van der Waals surface area (Å²) in [6, 6.07) is 6.75. The quantitative estimate of drug-likeness (QED) is 0.377. The molecule has 0 bridgehead atoms. The summed E-state index contributed by atoms with van der Waals surface area (Å²) < 4.78 is 4.40. The summed E-state index contributed by atoms with van der Waals surface area (Å²) in [5.41, 5.74) is 4.03. The normalized spacial score (nSPS) is 14.8. The number of nitrogens with one attached hydrogen (secondary N) is 1. The van der Waals surface area contributed by atoms with E-state index in [1.165, 1.54) is 28.2 Å². The highest BCUT2D eigenvalue weighted by Gasteiger charge is 2.21. The maximum Gasteiger partial charge on any atom is 0.205 e. The molecule has 1 aliphatic rings. The van der Waals surface area contributed by atoms with Gasteiger partial charge in [-0.2, -0.15) is 4.37 Å². The van der Waals surface area contributed by atoms with Crippen LogP contribution in [0, 0.1) is 13.8 Å². The number of anilines is 1. The first kappa shape index (κ1) is 22.9. The third-order valence-electron chi connectivity index (χ3n) is 4.81. The van der Waals surface area contributed by atoms with E-state index in [1.807, 2.05) is 7.05 Å². The Balaban J connectivity index is 0.00000280. The van der Waals surface area contributed by atoms with E-state index in [-0.39, 0.29) is 24.0 Å². The number of aliphatic imine (C=N–C) groups is 1. The maximum absolute atomic E-state index is 4.61. The molecule has 28 heavy (non-hydrogen) atoms. The van der Waals surface area contributed by atoms with Gasteiger partial charge in [0, 0.05) is 57.7 Å². The van der Waals surface area contributed by atoms with Crippen LogP contribution in [-0.2, 0) is 12.8 Å². The molecule has 3 rings (SSSR count). The molecule has 1 aromatic heterocycles. The second kappa shape index (κ2) is 10.9. The van der Waals surface area contributed by atoms with Crippen LogP contribution in [0.5, 0.6) is 0 Å². The molecule has 8 heteroatoms. The fourth-order valence-electron chi connectivity index (χ4n) is 3.49. The van der Waals surface area contributed by atoms with E-state index in [1.54, 1.807) is 0 Å². The molecule has 2 aromatic rings. The summed E-state index contributed by atoms with van der Waals surface area (Å²) in [4.78, 5) is 13.8. The molecular formula is C20H31IN6S. The van der Waals surface area contributed by atoms with Crippen molar-refractivity contribution in [3.63, 3.8) is 0 Å². The number of rotatable bonds is 5. The van der Waals surface area contributed by atoms with Crippen LogP contribution in [0.3, 0.4) is 0 Å². The van der Waals surface area contributed by atoms with Crippen molar-refractivity contribution < 1.29 is 0 Å². The highest BCUT2D eigenvalue weighted by Crippen LogP contribution is 2.19. The number of piperazine rings is 1. The molecule has 0 aliphatic carbocycles. The van der Waals surface area contributed by atoms with Crippen molar-refractivity contribution in [3.8, 4) is 0 Å². The van der Waals surface area contributed by atoms with Gasteiger partial charge in [-0.25, -0.2) is 4.98 Å². The predicted molar refractivity (Wildman–Crippen MR) is 129 cm³/mol. The number of aryl methyl sites for hydroxylation is 3. The standard InChI is InChI=1S/C20H30N6S.HI/c1-5-18-23-20(27-24-18)26-10-8-25(9-11-26)19(21-4)22-7-6-17-13-15(2)12-16(3)14-17;/h12-14H,5-11H2,1-4H3,(H,21,22);1H. The lowest BCUT2D eigenvalue weighted by molar-refractivity contribution is 0.372. The van der Waals surface area contributed by atoms with E-state index in [2.05, 4.69) is 68.4 Å². The van der Waals surface area contributed by atoms with E-state index >= 15 is 0 Å². The summed E-state index contributed by atoms with van der Waals surface area (Å²) in [7, 11) is 1.86. The molecule has 0 radical (unpaired) electrons. The van der Waals surface area contributed by atoms with Gasteiger partial charge in [0.15, 0.2) is 5.96 Å². The van der Waals surface area contributed by atoms with Gasteiger partial charge >= 0.3 is 0 Å². The maximum atomic E-state index is 4.61. The lowest BCUT2D eigenvalue weighted by Gasteiger charge is -2.36. The molecule has 1 aliphatic heterocycles. The summed E-state index contributed by atoms with van der Waals surface area (Å²) in [6.07, 6.45) is 1.90. The number of guanidine groups is 1. The lowest BCUT2D eigenvalue weighted by Crippen LogP contribution is -2.52. The Hall–Kier alpha value is -1.42. The average Bonchev–Trinajstić information content (AvgIpc) is 3.14. The smallest absolute Gasteiger partial charge is 0.205 e. The highest BCUT2D eigenvalue weighted by atomic mass is 127. The summed E-state index contributed by atoms with van der Waals surface area (Å²) >= 11 is 1.51. The molecule has 1 aromatic carbocycles. The van der Waals surface area contributed by atoms with Crippen molar-refractivity contribution in [1.29, 1.82) is 0 Å². The molecule has 0 spiro atoms. The number of halogens is 1. The molecule has 1 fully saturated rings. The van der Waals surface area contributed by atoms with Gasteiger partial charge in [0.1, 0.15) is 5.82 Å². The van der Waals surface area contributed by atoms with Crippen LogP contribution in [0.25, 0.3) is 0 Å². The first-order valence-electron chi connectivity index (χ1n) is 9.69. The SMILES string of the molecule is CCc1nsc(N2CCN(C(=NC)NCCc3cc(C)cc(C)c3)CC2)n1.I. The molecule has 6 nitrogen and oxygen atoms in total. The molecule has 0 amide bonds. The fourth-order valence-corrected chi connectivity index (χ4v) is 4.29. The Morgan fingerprint density at radius 2 is 1.82 bits per heavy atom. The van der Waals surface area contributed by atoms with Crippen LogP contribution < -0.4 is 10.2 Å². The van der Waals surface area contributed by atoms with Gasteiger partial charge in [0.25, 0.3) is 0 Å². The van der Waals surface area contributed by atoms with Crippen molar-refractivity contribution in [2.45, 2.75) is 33.6 Å². The van der Waals surface area contributed by atoms with Gasteiger partial charge in [-0.3, -0.25) is 4.99 Å². The molecule has 2 heterocycles. The molecule has 1 N–H and O–H groups in total. The third kappa shape index (κ3) is 6.04. The zero-order valence-electron chi connectivity index (χ0n) is 17.2. The second-order valence-electron chi connectivity index (χ2n) is 7.04. The molecule has 154 valence electrons. The van der Waals surface area contributed by atoms with Crippen LogP contribution in [0.1, 0.15) is 29.4 Å². The number of hydrogen-bond acceptors (Lipinski definition) is 5. The van der Waals surface area contributed by atoms with E-state index in [0.29, 0.717) is 0 Å². The van der Waals surface area contributed by atoms with Crippen LogP contribution >= 0.6 is 35.5 Å². The zero-order chi connectivity index (χ0) is 19.2. The van der Waals surface area contributed by atoms with Gasteiger partial charge in [0.05, 0.1) is 0 Å². The Bertz CT molecular complexity index is 763. The van der Waals surface area contributed by atoms with Gasteiger partial charge in [0.2, 0.25) is 5.13 Å². The minimum atomic E-state index is 0. The van der Waals surface area contributed by atoms with Crippen molar-refractivity contribution in [2.75, 3.05) is 44.7 Å². The van der Waals surface area contributed by atoms with E-state index in [9.17, 15) is 0 Å². The second-order valence-corrected chi connectivity index (χ2v) is 7.77. The fraction of sp³-hybridized carbons (Fsp3) is 0.550. The van der Waals surface area contributed by atoms with E-state index in [4.69, 9.17) is 0 Å². The predicted octanol–water partition coefficient (Wildman–Crippen LogP) is 3.28. The Kier molecular flexibility index (Phi) is 8.94. The van der Waals surface area contributed by atoms with Crippen molar-refractivity contribution in [1.82, 2.24) is 19.6 Å². The molecule has 0 saturated carbocycles. The Morgan fingerprint density at radius 3 is 2.39 bits per heavy atom. The Labute approximate surface area is 189 Å². The van der Waals surface area contributed by atoms with Gasteiger partial charge in [-0.05, 0) is 25.8 Å². The number of aromatic nitrogens is 2. The van der Waals surface area contributed by atoms with Gasteiger partial charge < -0.3 is 15.1 Å². The largest absolute Gasteiger partial charge is 0.356 e. The third-order valence-corrected chi connectivity index (χ3v) is 5.63. The van der Waals surface area contributed by atoms with Crippen molar-refractivity contribution in [3.05, 3.63) is 40.7 Å². The van der Waals surface area contributed by atoms with Crippen molar-refractivity contribution in [2.24, 2.45) is 4.99 Å². The number of benzene rings is 1. The van der Waals surface area contributed by atoms with Crippen molar-refractivity contribution >= 4 is 46.6 Å². The Morgan fingerprint density at radius 1 is 1.14 bits per heavy atom. The van der Waals surface area contributed by atoms with E-state index in [0.717, 1.165) is 62.5 Å². The minimum Gasteiger partial charge on any atom is -0.356 e. The topological polar surface area (TPSA) is 56.7 Å². The monoisotopic (exact) mass is 514 g/mol. The number of hydrogen-bond donors (Lipinski definition) is 1. The minimum absolute atomic E-state index is 0. The molecule has 0 atom stereocenters. The summed E-state index contributed by atoms with van der Waals surface area (Å²) in [6.45, 7) is 11.1. The van der Waals surface area contributed by atoms with E-state index < -0.39 is 0 Å². The summed E-state index contributed by atoms with van der Waals surface area (Å²) in [5.74, 6) is 1.94. The van der Waals surface area contributed by atoms with Crippen LogP contribution in [-0.4, -0.2) is 60.0 Å². The van der Waals surface area contributed by atoms with Crippen LogP contribution in [0.4, 0.5) is 5.13 Å². The first-order valence-corrected chi connectivity index (χ1v) is 10.5. The lowest BCUT2D eigenvalue weighted by atomic mass is 10.1.